The Bertz CT molecular complexity index is 520. The van der Waals surface area contributed by atoms with Gasteiger partial charge in [-0.1, -0.05) is 12.1 Å². The second kappa shape index (κ2) is 4.43. The summed E-state index contributed by atoms with van der Waals surface area (Å²) in [6, 6.07) is 10.2. The molecule has 0 saturated carbocycles. The molecule has 2 atom stereocenters. The van der Waals surface area contributed by atoms with Crippen molar-refractivity contribution >= 4 is 10.9 Å². The van der Waals surface area contributed by atoms with Crippen LogP contribution in [0.4, 0.5) is 0 Å². The first-order valence-electron chi connectivity index (χ1n) is 6.06. The molecule has 0 spiro atoms. The molecule has 3 nitrogen and oxygen atoms in total. The molecule has 88 valence electrons. The Morgan fingerprint density at radius 1 is 1.35 bits per heavy atom. The van der Waals surface area contributed by atoms with Gasteiger partial charge in [0.05, 0.1) is 17.7 Å². The highest BCUT2D eigenvalue weighted by Gasteiger charge is 2.24. The fraction of sp³-hybridized carbons (Fsp3) is 0.357. The largest absolute Gasteiger partial charge is 0.376 e. The number of nitrogens with two attached hydrogens (primary N) is 1. The topological polar surface area (TPSA) is 48.1 Å². The van der Waals surface area contributed by atoms with Crippen molar-refractivity contribution in [3.05, 3.63) is 42.1 Å². The van der Waals surface area contributed by atoms with Gasteiger partial charge in [0.15, 0.2) is 0 Å². The van der Waals surface area contributed by atoms with Gasteiger partial charge in [-0.15, -0.1) is 0 Å². The molecule has 3 rings (SSSR count). The summed E-state index contributed by atoms with van der Waals surface area (Å²) >= 11 is 0. The summed E-state index contributed by atoms with van der Waals surface area (Å²) in [5.41, 5.74) is 8.39. The molecule has 2 aromatic rings. The van der Waals surface area contributed by atoms with E-state index >= 15 is 0 Å². The second-order valence-corrected chi connectivity index (χ2v) is 4.53. The van der Waals surface area contributed by atoms with E-state index in [0.717, 1.165) is 35.9 Å². The number of benzene rings is 1. The van der Waals surface area contributed by atoms with Crippen LogP contribution in [0.2, 0.25) is 0 Å². The zero-order chi connectivity index (χ0) is 11.7. The monoisotopic (exact) mass is 228 g/mol. The van der Waals surface area contributed by atoms with Gasteiger partial charge in [0.1, 0.15) is 0 Å². The van der Waals surface area contributed by atoms with E-state index in [1.807, 2.05) is 18.3 Å². The quantitative estimate of drug-likeness (QED) is 0.858. The highest BCUT2D eigenvalue weighted by molar-refractivity contribution is 5.79. The molecule has 1 fully saturated rings. The maximum absolute atomic E-state index is 6.25. The Kier molecular flexibility index (Phi) is 2.79. The van der Waals surface area contributed by atoms with Crippen molar-refractivity contribution in [2.24, 2.45) is 5.73 Å². The Labute approximate surface area is 101 Å². The van der Waals surface area contributed by atoms with Crippen LogP contribution in [0.15, 0.2) is 36.5 Å². The van der Waals surface area contributed by atoms with E-state index in [1.165, 1.54) is 0 Å². The van der Waals surface area contributed by atoms with E-state index in [2.05, 4.69) is 23.2 Å². The number of ether oxygens (including phenoxy) is 1. The minimum Gasteiger partial charge on any atom is -0.376 e. The van der Waals surface area contributed by atoms with Gasteiger partial charge < -0.3 is 10.5 Å². The molecule has 2 unspecified atom stereocenters. The van der Waals surface area contributed by atoms with Crippen molar-refractivity contribution in [3.8, 4) is 0 Å². The zero-order valence-corrected chi connectivity index (χ0v) is 9.67. The smallest absolute Gasteiger partial charge is 0.0768 e. The lowest BCUT2D eigenvalue weighted by Crippen LogP contribution is -2.25. The van der Waals surface area contributed by atoms with Gasteiger partial charge in [-0.3, -0.25) is 4.98 Å². The van der Waals surface area contributed by atoms with Crippen LogP contribution in [-0.2, 0) is 4.74 Å². The first-order chi connectivity index (χ1) is 8.34. The number of aromatic nitrogens is 1. The van der Waals surface area contributed by atoms with E-state index in [0.29, 0.717) is 0 Å². The van der Waals surface area contributed by atoms with Crippen LogP contribution < -0.4 is 5.73 Å². The molecule has 1 aliphatic rings. The fourth-order valence-corrected chi connectivity index (χ4v) is 2.40. The predicted molar refractivity (Wildman–Crippen MR) is 67.6 cm³/mol. The number of rotatable bonds is 2. The van der Waals surface area contributed by atoms with Gasteiger partial charge in [0, 0.05) is 18.2 Å². The number of hydrogen-bond donors (Lipinski definition) is 1. The van der Waals surface area contributed by atoms with Crippen molar-refractivity contribution in [3.63, 3.8) is 0 Å². The highest BCUT2D eigenvalue weighted by atomic mass is 16.5. The minimum absolute atomic E-state index is 0.0258. The molecule has 2 heterocycles. The maximum atomic E-state index is 6.25. The molecular formula is C14H16N2O. The van der Waals surface area contributed by atoms with E-state index < -0.39 is 0 Å². The summed E-state index contributed by atoms with van der Waals surface area (Å²) in [5.74, 6) is 0. The maximum Gasteiger partial charge on any atom is 0.0768 e. The standard InChI is InChI=1S/C14H16N2O/c15-14(13-4-2-8-17-13)11-5-6-12-10(9-11)3-1-7-16-12/h1,3,5-7,9,13-14H,2,4,8,15H2. The Morgan fingerprint density at radius 2 is 2.29 bits per heavy atom. The van der Waals surface area contributed by atoms with Crippen LogP contribution in [-0.4, -0.2) is 17.7 Å². The minimum atomic E-state index is -0.0258. The van der Waals surface area contributed by atoms with Crippen LogP contribution in [0.25, 0.3) is 10.9 Å². The first kappa shape index (κ1) is 10.7. The Hall–Kier alpha value is -1.45. The van der Waals surface area contributed by atoms with E-state index in [1.54, 1.807) is 0 Å². The van der Waals surface area contributed by atoms with Gasteiger partial charge >= 0.3 is 0 Å². The molecule has 1 saturated heterocycles. The lowest BCUT2D eigenvalue weighted by Gasteiger charge is -2.19. The molecule has 3 heteroatoms. The predicted octanol–water partition coefficient (Wildman–Crippen LogP) is 2.41. The summed E-state index contributed by atoms with van der Waals surface area (Å²) < 4.78 is 5.64. The number of fused-ring (bicyclic) bond motifs is 1. The summed E-state index contributed by atoms with van der Waals surface area (Å²) in [7, 11) is 0. The summed E-state index contributed by atoms with van der Waals surface area (Å²) in [6.45, 7) is 0.841. The van der Waals surface area contributed by atoms with Crippen molar-refractivity contribution in [1.82, 2.24) is 4.98 Å². The molecule has 0 aliphatic carbocycles. The molecule has 0 bridgehead atoms. The van der Waals surface area contributed by atoms with Crippen molar-refractivity contribution < 1.29 is 4.74 Å². The Morgan fingerprint density at radius 3 is 3.12 bits per heavy atom. The van der Waals surface area contributed by atoms with E-state index in [4.69, 9.17) is 10.5 Å². The average molecular weight is 228 g/mol. The molecular weight excluding hydrogens is 212 g/mol. The van der Waals surface area contributed by atoms with Gasteiger partial charge in [0.2, 0.25) is 0 Å². The first-order valence-corrected chi connectivity index (χ1v) is 6.06. The zero-order valence-electron chi connectivity index (χ0n) is 9.67. The lowest BCUT2D eigenvalue weighted by atomic mass is 9.99. The average Bonchev–Trinajstić information content (AvgIpc) is 2.91. The number of nitrogens with zero attached hydrogens (tertiary/aromatic N) is 1. The lowest BCUT2D eigenvalue weighted by molar-refractivity contribution is 0.0901. The second-order valence-electron chi connectivity index (χ2n) is 4.53. The van der Waals surface area contributed by atoms with Crippen LogP contribution in [0.1, 0.15) is 24.4 Å². The molecule has 0 radical (unpaired) electrons. The van der Waals surface area contributed by atoms with Crippen LogP contribution in [0.5, 0.6) is 0 Å². The highest BCUT2D eigenvalue weighted by Crippen LogP contribution is 2.26. The third-order valence-electron chi connectivity index (χ3n) is 3.38. The third kappa shape index (κ3) is 2.04. The number of hydrogen-bond acceptors (Lipinski definition) is 3. The van der Waals surface area contributed by atoms with Crippen LogP contribution in [0, 0.1) is 0 Å². The van der Waals surface area contributed by atoms with Gasteiger partial charge in [-0.05, 0) is 36.6 Å². The summed E-state index contributed by atoms with van der Waals surface area (Å²) in [4.78, 5) is 4.31. The van der Waals surface area contributed by atoms with Crippen LogP contribution in [0.3, 0.4) is 0 Å². The van der Waals surface area contributed by atoms with Gasteiger partial charge in [0.25, 0.3) is 0 Å². The normalized spacial score (nSPS) is 21.8. The number of pyridine rings is 1. The molecule has 1 aliphatic heterocycles. The molecule has 1 aromatic carbocycles. The molecule has 17 heavy (non-hydrogen) atoms. The van der Waals surface area contributed by atoms with Crippen LogP contribution >= 0.6 is 0 Å². The molecule has 1 aromatic heterocycles. The van der Waals surface area contributed by atoms with E-state index in [9.17, 15) is 0 Å². The summed E-state index contributed by atoms with van der Waals surface area (Å²) in [6.07, 6.45) is 4.16. The Balaban J connectivity index is 1.94. The van der Waals surface area contributed by atoms with Gasteiger partial charge in [-0.25, -0.2) is 0 Å². The van der Waals surface area contributed by atoms with Crippen molar-refractivity contribution in [2.75, 3.05) is 6.61 Å². The van der Waals surface area contributed by atoms with Crippen molar-refractivity contribution in [2.45, 2.75) is 25.0 Å². The fourth-order valence-electron chi connectivity index (χ4n) is 2.40. The molecule has 2 N–H and O–H groups in total. The van der Waals surface area contributed by atoms with Gasteiger partial charge in [-0.2, -0.15) is 0 Å². The van der Waals surface area contributed by atoms with Crippen molar-refractivity contribution in [1.29, 1.82) is 0 Å². The third-order valence-corrected chi connectivity index (χ3v) is 3.38. The SMILES string of the molecule is NC(c1ccc2ncccc2c1)C1CCCO1. The summed E-state index contributed by atoms with van der Waals surface area (Å²) in [5, 5.41) is 1.14. The van der Waals surface area contributed by atoms with E-state index in [-0.39, 0.29) is 12.1 Å². The molecule has 0 amide bonds.